The van der Waals surface area contributed by atoms with Crippen LogP contribution in [-0.2, 0) is 21.2 Å². The number of hydrogen-bond acceptors (Lipinski definition) is 5. The zero-order valence-electron chi connectivity index (χ0n) is 13.6. The van der Waals surface area contributed by atoms with E-state index in [0.29, 0.717) is 6.42 Å². The van der Waals surface area contributed by atoms with Crippen LogP contribution in [0.2, 0.25) is 0 Å². The number of aryl methyl sites for hydroxylation is 1. The highest BCUT2D eigenvalue weighted by Crippen LogP contribution is 2.32. The molecule has 0 radical (unpaired) electrons. The second kappa shape index (κ2) is 6.31. The smallest absolute Gasteiger partial charge is 0.238 e. The van der Waals surface area contributed by atoms with Gasteiger partial charge in [-0.3, -0.25) is 4.79 Å². The predicted octanol–water partition coefficient (Wildman–Crippen LogP) is 3.01. The van der Waals surface area contributed by atoms with E-state index >= 15 is 0 Å². The average molecular weight is 385 g/mol. The van der Waals surface area contributed by atoms with Crippen molar-refractivity contribution in [2.24, 2.45) is 5.14 Å². The Morgan fingerprint density at radius 3 is 2.50 bits per heavy atom. The molecule has 0 bridgehead atoms. The molecule has 0 fully saturated rings. The van der Waals surface area contributed by atoms with Crippen molar-refractivity contribution in [2.75, 3.05) is 5.32 Å². The summed E-state index contributed by atoms with van der Waals surface area (Å²) in [6.45, 7) is 0. The number of primary sulfonamides is 1. The number of fused-ring (bicyclic) bond motifs is 1. The van der Waals surface area contributed by atoms with E-state index in [1.54, 1.807) is 12.1 Å². The number of sulfonamides is 1. The van der Waals surface area contributed by atoms with Gasteiger partial charge >= 0.3 is 0 Å². The number of thiazole rings is 1. The van der Waals surface area contributed by atoms with Gasteiger partial charge in [0, 0.05) is 28.6 Å². The summed E-state index contributed by atoms with van der Waals surface area (Å²) >= 11 is 1.49. The Hall–Kier alpha value is -2.55. The molecule has 1 aromatic heterocycles. The Labute approximate surface area is 154 Å². The van der Waals surface area contributed by atoms with Crippen LogP contribution >= 0.6 is 11.3 Å². The highest BCUT2D eigenvalue weighted by atomic mass is 32.2. The summed E-state index contributed by atoms with van der Waals surface area (Å²) in [6.07, 6.45) is 1.22. The molecule has 2 heterocycles. The molecule has 0 aliphatic carbocycles. The van der Waals surface area contributed by atoms with Gasteiger partial charge in [0.05, 0.1) is 10.6 Å². The molecule has 6 nitrogen and oxygen atoms in total. The van der Waals surface area contributed by atoms with Crippen LogP contribution in [0.25, 0.3) is 21.8 Å². The van der Waals surface area contributed by atoms with Crippen LogP contribution in [0.3, 0.4) is 0 Å². The Balaban J connectivity index is 1.63. The molecule has 132 valence electrons. The minimum atomic E-state index is -3.70. The van der Waals surface area contributed by atoms with Gasteiger partial charge in [0.2, 0.25) is 15.9 Å². The highest BCUT2D eigenvalue weighted by molar-refractivity contribution is 7.89. The molecular formula is C18H15N3O3S2. The molecule has 3 aromatic rings. The molecule has 1 aliphatic rings. The molecule has 8 heteroatoms. The lowest BCUT2D eigenvalue weighted by atomic mass is 9.99. The summed E-state index contributed by atoms with van der Waals surface area (Å²) < 4.78 is 22.7. The van der Waals surface area contributed by atoms with E-state index in [2.05, 4.69) is 16.4 Å². The maximum absolute atomic E-state index is 11.5. The molecule has 4 rings (SSSR count). The first-order chi connectivity index (χ1) is 12.4. The first-order valence-electron chi connectivity index (χ1n) is 7.92. The summed E-state index contributed by atoms with van der Waals surface area (Å²) in [6, 6.07) is 12.3. The van der Waals surface area contributed by atoms with E-state index in [1.165, 1.54) is 23.5 Å². The summed E-state index contributed by atoms with van der Waals surface area (Å²) in [5, 5.41) is 10.8. The lowest BCUT2D eigenvalue weighted by Crippen LogP contribution is -2.18. The predicted molar refractivity (Wildman–Crippen MR) is 101 cm³/mol. The highest BCUT2D eigenvalue weighted by Gasteiger charge is 2.16. The van der Waals surface area contributed by atoms with E-state index in [0.717, 1.165) is 39.5 Å². The average Bonchev–Trinajstić information content (AvgIpc) is 3.11. The molecule has 0 unspecified atom stereocenters. The second-order valence-electron chi connectivity index (χ2n) is 6.03. The molecule has 1 amide bonds. The number of rotatable bonds is 3. The van der Waals surface area contributed by atoms with Crippen LogP contribution in [0.5, 0.6) is 0 Å². The number of carbonyl (C=O) groups excluding carboxylic acids is 1. The Kier molecular flexibility index (Phi) is 4.10. The largest absolute Gasteiger partial charge is 0.326 e. The monoisotopic (exact) mass is 385 g/mol. The molecule has 0 atom stereocenters. The van der Waals surface area contributed by atoms with Crippen LogP contribution in [0.4, 0.5) is 5.69 Å². The van der Waals surface area contributed by atoms with Gasteiger partial charge in [0.15, 0.2) is 0 Å². The number of benzene rings is 2. The van der Waals surface area contributed by atoms with Crippen molar-refractivity contribution in [3.8, 4) is 21.8 Å². The van der Waals surface area contributed by atoms with Crippen LogP contribution in [-0.4, -0.2) is 19.3 Å². The second-order valence-corrected chi connectivity index (χ2v) is 8.45. The quantitative estimate of drug-likeness (QED) is 0.723. The van der Waals surface area contributed by atoms with Crippen molar-refractivity contribution >= 4 is 33.0 Å². The van der Waals surface area contributed by atoms with E-state index in [4.69, 9.17) is 5.14 Å². The maximum Gasteiger partial charge on any atom is 0.238 e. The zero-order chi connectivity index (χ0) is 18.3. The molecule has 0 saturated carbocycles. The molecule has 0 saturated heterocycles. The van der Waals surface area contributed by atoms with Crippen LogP contribution in [0.15, 0.2) is 52.7 Å². The van der Waals surface area contributed by atoms with Gasteiger partial charge in [-0.15, -0.1) is 11.3 Å². The van der Waals surface area contributed by atoms with Crippen molar-refractivity contribution in [3.63, 3.8) is 0 Å². The number of carbonyl (C=O) groups is 1. The van der Waals surface area contributed by atoms with Crippen molar-refractivity contribution in [1.82, 2.24) is 4.98 Å². The van der Waals surface area contributed by atoms with E-state index in [1.807, 2.05) is 17.5 Å². The normalized spacial score (nSPS) is 14.0. The fraction of sp³-hybridized carbons (Fsp3) is 0.111. The van der Waals surface area contributed by atoms with Crippen LogP contribution in [0, 0.1) is 0 Å². The molecule has 0 spiro atoms. The van der Waals surface area contributed by atoms with Gasteiger partial charge in [-0.25, -0.2) is 18.5 Å². The fourth-order valence-corrected chi connectivity index (χ4v) is 4.22. The molecule has 26 heavy (non-hydrogen) atoms. The minimum Gasteiger partial charge on any atom is -0.326 e. The van der Waals surface area contributed by atoms with Gasteiger partial charge in [-0.05, 0) is 36.2 Å². The number of amides is 1. The summed E-state index contributed by atoms with van der Waals surface area (Å²) in [5.74, 6) is 0.0455. The topological polar surface area (TPSA) is 102 Å². The van der Waals surface area contributed by atoms with Crippen molar-refractivity contribution in [3.05, 3.63) is 53.4 Å². The summed E-state index contributed by atoms with van der Waals surface area (Å²) in [7, 11) is -3.70. The van der Waals surface area contributed by atoms with Gasteiger partial charge in [-0.1, -0.05) is 18.2 Å². The van der Waals surface area contributed by atoms with Crippen LogP contribution < -0.4 is 10.5 Å². The SMILES string of the molecule is NS(=O)(=O)c1ccc(-c2nc(-c3ccc4c(c3)CCC(=O)N4)cs2)cc1. The number of nitrogens with zero attached hydrogens (tertiary/aromatic N) is 1. The van der Waals surface area contributed by atoms with Crippen molar-refractivity contribution < 1.29 is 13.2 Å². The lowest BCUT2D eigenvalue weighted by Gasteiger charge is -2.17. The van der Waals surface area contributed by atoms with E-state index in [9.17, 15) is 13.2 Å². The zero-order valence-corrected chi connectivity index (χ0v) is 15.2. The fourth-order valence-electron chi connectivity index (χ4n) is 2.87. The number of aromatic nitrogens is 1. The van der Waals surface area contributed by atoms with Gasteiger partial charge in [-0.2, -0.15) is 0 Å². The summed E-state index contributed by atoms with van der Waals surface area (Å²) in [4.78, 5) is 16.2. The van der Waals surface area contributed by atoms with E-state index < -0.39 is 10.0 Å². The van der Waals surface area contributed by atoms with Crippen LogP contribution in [0.1, 0.15) is 12.0 Å². The first-order valence-corrected chi connectivity index (χ1v) is 10.3. The third-order valence-electron chi connectivity index (χ3n) is 4.23. The standard InChI is InChI=1S/C18H15N3O3S2/c19-26(23,24)14-5-1-11(2-6-14)18-21-16(10-25-18)13-3-7-15-12(9-13)4-8-17(22)20-15/h1-3,5-7,9-10H,4,8H2,(H,20,22)(H2,19,23,24). The van der Waals surface area contributed by atoms with Crippen molar-refractivity contribution in [1.29, 1.82) is 0 Å². The molecule has 2 aromatic carbocycles. The molecule has 3 N–H and O–H groups in total. The lowest BCUT2D eigenvalue weighted by molar-refractivity contribution is -0.116. The summed E-state index contributed by atoms with van der Waals surface area (Å²) in [5.41, 5.74) is 4.64. The van der Waals surface area contributed by atoms with Gasteiger partial charge in [0.1, 0.15) is 5.01 Å². The Morgan fingerprint density at radius 1 is 1.04 bits per heavy atom. The third-order valence-corrected chi connectivity index (χ3v) is 6.05. The number of anilines is 1. The first kappa shape index (κ1) is 16.9. The van der Waals surface area contributed by atoms with Gasteiger partial charge < -0.3 is 5.32 Å². The van der Waals surface area contributed by atoms with E-state index in [-0.39, 0.29) is 10.8 Å². The minimum absolute atomic E-state index is 0.0455. The molecular weight excluding hydrogens is 370 g/mol. The Bertz CT molecular complexity index is 1100. The van der Waals surface area contributed by atoms with Crippen molar-refractivity contribution in [2.45, 2.75) is 17.7 Å². The number of nitrogens with two attached hydrogens (primary N) is 1. The third kappa shape index (κ3) is 3.26. The Morgan fingerprint density at radius 2 is 1.77 bits per heavy atom. The number of hydrogen-bond donors (Lipinski definition) is 2. The maximum atomic E-state index is 11.5. The molecule has 1 aliphatic heterocycles. The number of nitrogens with one attached hydrogen (secondary N) is 1. The van der Waals surface area contributed by atoms with Gasteiger partial charge in [0.25, 0.3) is 0 Å².